The topological polar surface area (TPSA) is 90.1 Å². The van der Waals surface area contributed by atoms with Crippen molar-refractivity contribution in [1.82, 2.24) is 9.97 Å². The summed E-state index contributed by atoms with van der Waals surface area (Å²) in [7, 11) is 0. The minimum Gasteiger partial charge on any atom is -0.432 e. The number of oxazole rings is 1. The smallest absolute Gasteiger partial charge is 0.373 e. The monoisotopic (exact) mass is 412 g/mol. The number of hydrogen-bond donors (Lipinski definition) is 0. The van der Waals surface area contributed by atoms with E-state index in [-0.39, 0.29) is 17.8 Å². The molecule has 4 rings (SSSR count). The lowest BCUT2D eigenvalue weighted by Gasteiger charge is -2.04. The molecule has 0 radical (unpaired) electrons. The first kappa shape index (κ1) is 21.6. The Kier molecular flexibility index (Phi) is 7.35. The highest BCUT2D eigenvalue weighted by Crippen LogP contribution is 2.21. The fourth-order valence-corrected chi connectivity index (χ4v) is 2.99. The van der Waals surface area contributed by atoms with Gasteiger partial charge in [0.25, 0.3) is 5.89 Å². The van der Waals surface area contributed by atoms with E-state index in [1.807, 2.05) is 37.3 Å². The maximum Gasteiger partial charge on any atom is 0.373 e. The molecule has 0 N–H and O–H groups in total. The van der Waals surface area contributed by atoms with E-state index in [0.29, 0.717) is 24.3 Å². The molecule has 6 nitrogen and oxygen atoms in total. The Morgan fingerprint density at radius 3 is 2.19 bits per heavy atom. The zero-order valence-electron chi connectivity index (χ0n) is 16.9. The molecule has 0 atom stereocenters. The number of carbonyl (C=O) groups is 1. The van der Waals surface area contributed by atoms with E-state index in [9.17, 15) is 4.79 Å². The number of Topliss-reactive ketones (excluding diaryl/α,β-unsaturated/α-hetero) is 1. The van der Waals surface area contributed by atoms with Gasteiger partial charge >= 0.3 is 6.15 Å². The second-order valence-corrected chi connectivity index (χ2v) is 6.82. The summed E-state index contributed by atoms with van der Waals surface area (Å²) in [6.45, 7) is 1.97. The van der Waals surface area contributed by atoms with E-state index in [1.54, 1.807) is 12.4 Å². The van der Waals surface area contributed by atoms with Gasteiger partial charge < -0.3 is 4.42 Å². The zero-order valence-corrected chi connectivity index (χ0v) is 16.9. The van der Waals surface area contributed by atoms with Gasteiger partial charge in [0.1, 0.15) is 5.69 Å². The Hall–Kier alpha value is -4.15. The Labute approximate surface area is 179 Å². The van der Waals surface area contributed by atoms with Crippen LogP contribution in [0.15, 0.2) is 83.5 Å². The molecule has 0 aliphatic heterocycles. The predicted molar refractivity (Wildman–Crippen MR) is 114 cm³/mol. The van der Waals surface area contributed by atoms with Gasteiger partial charge in [0.2, 0.25) is 5.78 Å². The van der Waals surface area contributed by atoms with Crippen molar-refractivity contribution in [1.29, 1.82) is 0 Å². The van der Waals surface area contributed by atoms with Crippen LogP contribution in [0.5, 0.6) is 0 Å². The molecule has 31 heavy (non-hydrogen) atoms. The highest BCUT2D eigenvalue weighted by atomic mass is 16.4. The van der Waals surface area contributed by atoms with Crippen LogP contribution in [-0.2, 0) is 16.0 Å². The Morgan fingerprint density at radius 1 is 0.871 bits per heavy atom. The second-order valence-electron chi connectivity index (χ2n) is 6.82. The summed E-state index contributed by atoms with van der Waals surface area (Å²) < 4.78 is 5.61. The molecule has 0 saturated carbocycles. The highest BCUT2D eigenvalue weighted by Gasteiger charge is 2.15. The lowest BCUT2D eigenvalue weighted by Crippen LogP contribution is -2.01. The first-order valence-electron chi connectivity index (χ1n) is 9.66. The van der Waals surface area contributed by atoms with Gasteiger partial charge in [-0.2, -0.15) is 9.59 Å². The Bertz CT molecular complexity index is 1160. The van der Waals surface area contributed by atoms with Crippen molar-refractivity contribution in [3.63, 3.8) is 0 Å². The third-order valence-electron chi connectivity index (χ3n) is 4.61. The molecule has 0 saturated heterocycles. The quantitative estimate of drug-likeness (QED) is 0.417. The average Bonchev–Trinajstić information content (AvgIpc) is 3.30. The summed E-state index contributed by atoms with van der Waals surface area (Å²) >= 11 is 0. The van der Waals surface area contributed by atoms with Crippen LogP contribution in [0.3, 0.4) is 0 Å². The number of ketones is 1. The number of pyridine rings is 1. The number of aryl methyl sites for hydroxylation is 2. The SMILES string of the molecule is Cc1ccc(-c2cnc(C(=O)CCc3ccc(-c4ccccc4)cc3)o2)nc1.O=C=O. The van der Waals surface area contributed by atoms with Crippen LogP contribution in [0.25, 0.3) is 22.6 Å². The average molecular weight is 412 g/mol. The van der Waals surface area contributed by atoms with Gasteiger partial charge in [-0.25, -0.2) is 4.98 Å². The van der Waals surface area contributed by atoms with Crippen LogP contribution < -0.4 is 0 Å². The third-order valence-corrected chi connectivity index (χ3v) is 4.61. The molecule has 6 heteroatoms. The summed E-state index contributed by atoms with van der Waals surface area (Å²) in [4.78, 5) is 37.1. The fourth-order valence-electron chi connectivity index (χ4n) is 2.99. The normalized spacial score (nSPS) is 9.97. The minimum atomic E-state index is -0.106. The molecule has 154 valence electrons. The number of carbonyl (C=O) groups excluding carboxylic acids is 3. The van der Waals surface area contributed by atoms with Crippen LogP contribution in [0.1, 0.15) is 28.2 Å². The number of aromatic nitrogens is 2. The number of rotatable bonds is 6. The molecular weight excluding hydrogens is 392 g/mol. The second kappa shape index (κ2) is 10.6. The van der Waals surface area contributed by atoms with E-state index in [4.69, 9.17) is 14.0 Å². The van der Waals surface area contributed by atoms with Crippen molar-refractivity contribution in [2.24, 2.45) is 0 Å². The van der Waals surface area contributed by atoms with Gasteiger partial charge in [0.05, 0.1) is 6.20 Å². The third kappa shape index (κ3) is 5.92. The Morgan fingerprint density at radius 2 is 1.55 bits per heavy atom. The highest BCUT2D eigenvalue weighted by molar-refractivity contribution is 5.92. The molecule has 2 heterocycles. The molecule has 0 aliphatic carbocycles. The molecule has 2 aromatic carbocycles. The maximum absolute atomic E-state index is 12.4. The molecule has 4 aromatic rings. The number of benzene rings is 2. The molecule has 0 amide bonds. The molecule has 2 aromatic heterocycles. The Balaban J connectivity index is 0.000000858. The molecule has 0 bridgehead atoms. The molecule has 0 fully saturated rings. The first-order chi connectivity index (χ1) is 15.1. The van der Waals surface area contributed by atoms with E-state index in [1.165, 1.54) is 11.1 Å². The summed E-state index contributed by atoms with van der Waals surface area (Å²) in [6, 6.07) is 22.3. The molecule has 0 aliphatic rings. The van der Waals surface area contributed by atoms with Crippen LogP contribution in [0.4, 0.5) is 0 Å². The van der Waals surface area contributed by atoms with Crippen molar-refractivity contribution in [2.45, 2.75) is 19.8 Å². The maximum atomic E-state index is 12.4. The van der Waals surface area contributed by atoms with Crippen LogP contribution in [0.2, 0.25) is 0 Å². The standard InChI is InChI=1S/C24H20N2O2.CO2/c1-17-7-13-21(25-15-17)23-16-26-24(28-23)22(27)14-10-18-8-11-20(12-9-18)19-5-3-2-4-6-19;2-1-3/h2-9,11-13,15-16H,10,14H2,1H3;. The van der Waals surface area contributed by atoms with Gasteiger partial charge in [0.15, 0.2) is 5.76 Å². The van der Waals surface area contributed by atoms with Crippen molar-refractivity contribution in [2.75, 3.05) is 0 Å². The first-order valence-corrected chi connectivity index (χ1v) is 9.66. The zero-order chi connectivity index (χ0) is 22.1. The van der Waals surface area contributed by atoms with E-state index in [0.717, 1.165) is 11.1 Å². The van der Waals surface area contributed by atoms with Gasteiger partial charge in [-0.15, -0.1) is 0 Å². The van der Waals surface area contributed by atoms with Crippen LogP contribution >= 0.6 is 0 Å². The fraction of sp³-hybridized carbons (Fsp3) is 0.120. The number of hydrogen-bond acceptors (Lipinski definition) is 6. The van der Waals surface area contributed by atoms with Crippen LogP contribution in [-0.4, -0.2) is 21.9 Å². The predicted octanol–water partition coefficient (Wildman–Crippen LogP) is 4.94. The molecule has 0 spiro atoms. The molecular formula is C25H20N2O4. The van der Waals surface area contributed by atoms with Gasteiger partial charge in [-0.05, 0) is 41.7 Å². The summed E-state index contributed by atoms with van der Waals surface area (Å²) in [5.74, 6) is 0.541. The van der Waals surface area contributed by atoms with E-state index in [2.05, 4.69) is 46.4 Å². The van der Waals surface area contributed by atoms with Crippen molar-refractivity contribution < 1.29 is 18.8 Å². The minimum absolute atomic E-state index is 0.106. The molecule has 0 unspecified atom stereocenters. The van der Waals surface area contributed by atoms with Crippen LogP contribution in [0, 0.1) is 6.92 Å². The summed E-state index contributed by atoms with van der Waals surface area (Å²) in [5.41, 5.74) is 5.20. The van der Waals surface area contributed by atoms with Gasteiger partial charge in [-0.1, -0.05) is 60.7 Å². The van der Waals surface area contributed by atoms with Gasteiger partial charge in [-0.3, -0.25) is 9.78 Å². The van der Waals surface area contributed by atoms with Crippen molar-refractivity contribution in [3.05, 3.63) is 96.1 Å². The largest absolute Gasteiger partial charge is 0.432 e. The number of nitrogens with zero attached hydrogens (tertiary/aromatic N) is 2. The van der Waals surface area contributed by atoms with E-state index < -0.39 is 0 Å². The summed E-state index contributed by atoms with van der Waals surface area (Å²) in [5, 5.41) is 0. The van der Waals surface area contributed by atoms with E-state index >= 15 is 0 Å². The van der Waals surface area contributed by atoms with Gasteiger partial charge in [0, 0.05) is 12.6 Å². The summed E-state index contributed by atoms with van der Waals surface area (Å²) in [6.07, 6.45) is 4.57. The van der Waals surface area contributed by atoms with Crippen molar-refractivity contribution >= 4 is 11.9 Å². The lowest BCUT2D eigenvalue weighted by molar-refractivity contribution is -0.191. The lowest BCUT2D eigenvalue weighted by atomic mass is 10.0. The van der Waals surface area contributed by atoms with Crippen molar-refractivity contribution in [3.8, 4) is 22.6 Å².